The van der Waals surface area contributed by atoms with E-state index in [2.05, 4.69) is 5.32 Å². The first kappa shape index (κ1) is 18.7. The molecule has 0 heterocycles. The number of carboxylic acid groups (broad SMARTS) is 1. The van der Waals surface area contributed by atoms with Crippen LogP contribution in [0.15, 0.2) is 0 Å². The van der Waals surface area contributed by atoms with E-state index in [-0.39, 0.29) is 5.91 Å². The van der Waals surface area contributed by atoms with Crippen LogP contribution < -0.4 is 5.32 Å². The van der Waals surface area contributed by atoms with Gasteiger partial charge in [0.05, 0.1) is 5.41 Å². The average molecular weight is 400 g/mol. The highest BCUT2D eigenvalue weighted by molar-refractivity contribution is 5.76. The Bertz CT molecular complexity index is 746. The molecule has 4 heteroatoms. The van der Waals surface area contributed by atoms with Gasteiger partial charge >= 0.3 is 5.97 Å². The second-order valence-corrected chi connectivity index (χ2v) is 12.4. The van der Waals surface area contributed by atoms with Crippen LogP contribution in [0.5, 0.6) is 0 Å². The van der Waals surface area contributed by atoms with Crippen LogP contribution in [0.4, 0.5) is 0 Å². The van der Waals surface area contributed by atoms with Gasteiger partial charge < -0.3 is 10.4 Å². The summed E-state index contributed by atoms with van der Waals surface area (Å²) in [5, 5.41) is 13.6. The van der Waals surface area contributed by atoms with Gasteiger partial charge in [0, 0.05) is 13.0 Å². The van der Waals surface area contributed by atoms with Crippen molar-refractivity contribution in [2.45, 2.75) is 96.4 Å². The molecule has 0 radical (unpaired) electrons. The van der Waals surface area contributed by atoms with E-state index in [1.165, 1.54) is 51.4 Å². The summed E-state index contributed by atoms with van der Waals surface area (Å²) in [7, 11) is 0. The Morgan fingerprint density at radius 3 is 2.41 bits per heavy atom. The molecule has 0 spiro atoms. The van der Waals surface area contributed by atoms with E-state index in [0.29, 0.717) is 22.8 Å². The fourth-order valence-electron chi connectivity index (χ4n) is 10.5. The molecule has 1 amide bonds. The van der Waals surface area contributed by atoms with Crippen molar-refractivity contribution in [2.24, 2.45) is 45.8 Å². The molecule has 0 aliphatic heterocycles. The Labute approximate surface area is 174 Å². The van der Waals surface area contributed by atoms with Crippen LogP contribution in [0.3, 0.4) is 0 Å². The van der Waals surface area contributed by atoms with Gasteiger partial charge in [0.2, 0.25) is 5.91 Å². The van der Waals surface area contributed by atoms with Crippen molar-refractivity contribution in [1.29, 1.82) is 0 Å². The summed E-state index contributed by atoms with van der Waals surface area (Å²) >= 11 is 0. The lowest BCUT2D eigenvalue weighted by Gasteiger charge is -2.55. The van der Waals surface area contributed by atoms with E-state index < -0.39 is 11.4 Å². The molecule has 6 aliphatic rings. The van der Waals surface area contributed by atoms with Gasteiger partial charge in [-0.2, -0.15) is 0 Å². The summed E-state index contributed by atoms with van der Waals surface area (Å²) in [5.74, 6) is 3.16. The molecule has 0 aromatic heterocycles. The van der Waals surface area contributed by atoms with Gasteiger partial charge in [0.1, 0.15) is 0 Å². The lowest BCUT2D eigenvalue weighted by Crippen LogP contribution is -2.47. The number of carbonyl (C=O) groups excluding carboxylic acids is 1. The number of aliphatic carboxylic acids is 1. The summed E-state index contributed by atoms with van der Waals surface area (Å²) < 4.78 is 0. The molecule has 9 atom stereocenters. The Morgan fingerprint density at radius 2 is 1.66 bits per heavy atom. The zero-order valence-corrected chi connectivity index (χ0v) is 17.9. The number of carbonyl (C=O) groups is 2. The molecule has 0 aromatic rings. The molecule has 29 heavy (non-hydrogen) atoms. The second-order valence-electron chi connectivity index (χ2n) is 12.4. The zero-order valence-electron chi connectivity index (χ0n) is 17.9. The van der Waals surface area contributed by atoms with Gasteiger partial charge in [-0.05, 0) is 111 Å². The molecule has 6 fully saturated rings. The lowest BCUT2D eigenvalue weighted by atomic mass is 9.50. The average Bonchev–Trinajstić information content (AvgIpc) is 2.92. The largest absolute Gasteiger partial charge is 0.481 e. The van der Waals surface area contributed by atoms with Crippen LogP contribution in [0.2, 0.25) is 0 Å². The summed E-state index contributed by atoms with van der Waals surface area (Å²) in [5.41, 5.74) is 0.285. The van der Waals surface area contributed by atoms with Gasteiger partial charge in [-0.25, -0.2) is 0 Å². The van der Waals surface area contributed by atoms with Crippen LogP contribution in [-0.2, 0) is 9.59 Å². The molecule has 9 unspecified atom stereocenters. The number of hydrogen-bond acceptors (Lipinski definition) is 2. The number of fused-ring (bicyclic) bond motifs is 5. The predicted molar refractivity (Wildman–Crippen MR) is 110 cm³/mol. The lowest BCUT2D eigenvalue weighted by molar-refractivity contribution is -0.152. The first-order chi connectivity index (χ1) is 13.8. The molecule has 6 rings (SSSR count). The van der Waals surface area contributed by atoms with Crippen molar-refractivity contribution in [2.75, 3.05) is 0 Å². The molecule has 6 bridgehead atoms. The van der Waals surface area contributed by atoms with Crippen molar-refractivity contribution in [3.8, 4) is 0 Å². The topological polar surface area (TPSA) is 66.4 Å². The maximum absolute atomic E-state index is 12.6. The number of carboxylic acids is 1. The number of nitrogens with one attached hydrogen (secondary N) is 1. The molecule has 4 nitrogen and oxygen atoms in total. The van der Waals surface area contributed by atoms with Gasteiger partial charge in [0.25, 0.3) is 0 Å². The third kappa shape index (κ3) is 2.50. The Morgan fingerprint density at radius 1 is 0.897 bits per heavy atom. The van der Waals surface area contributed by atoms with E-state index in [1.807, 2.05) is 0 Å². The van der Waals surface area contributed by atoms with E-state index in [0.717, 1.165) is 55.8 Å². The van der Waals surface area contributed by atoms with Gasteiger partial charge in [0.15, 0.2) is 0 Å². The fourth-order valence-corrected chi connectivity index (χ4v) is 10.5. The van der Waals surface area contributed by atoms with Crippen molar-refractivity contribution >= 4 is 11.9 Å². The highest BCUT2D eigenvalue weighted by Gasteiger charge is 2.70. The number of rotatable bonds is 3. The first-order valence-electron chi connectivity index (χ1n) is 12.3. The predicted octanol–water partition coefficient (Wildman–Crippen LogP) is 4.77. The summed E-state index contributed by atoms with van der Waals surface area (Å²) in [6, 6.07) is 0.369. The maximum Gasteiger partial charge on any atom is 0.309 e. The van der Waals surface area contributed by atoms with Crippen LogP contribution in [-0.4, -0.2) is 23.0 Å². The molecule has 6 aliphatic carbocycles. The Hall–Kier alpha value is -1.06. The summed E-state index contributed by atoms with van der Waals surface area (Å²) in [4.78, 5) is 24.3. The SMILES string of the molecule is CC(=O)NC1CC2CC3CC(C45CC6CCCC(C(=O)O)(C4)C(C6)C5)(C2)CC3C1. The van der Waals surface area contributed by atoms with Crippen LogP contribution in [0.25, 0.3) is 0 Å². The first-order valence-corrected chi connectivity index (χ1v) is 12.3. The minimum atomic E-state index is -0.473. The number of amides is 1. The molecule has 160 valence electrons. The quantitative estimate of drug-likeness (QED) is 0.718. The molecule has 6 saturated carbocycles. The van der Waals surface area contributed by atoms with Crippen molar-refractivity contribution in [3.63, 3.8) is 0 Å². The molecule has 2 N–H and O–H groups in total. The molecule has 0 saturated heterocycles. The number of hydrogen-bond donors (Lipinski definition) is 2. The maximum atomic E-state index is 12.6. The van der Waals surface area contributed by atoms with Crippen LogP contribution >= 0.6 is 0 Å². The zero-order chi connectivity index (χ0) is 20.0. The highest BCUT2D eigenvalue weighted by atomic mass is 16.4. The monoisotopic (exact) mass is 399 g/mol. The Balaban J connectivity index is 1.35. The van der Waals surface area contributed by atoms with Gasteiger partial charge in [-0.1, -0.05) is 12.8 Å². The van der Waals surface area contributed by atoms with E-state index in [1.54, 1.807) is 6.92 Å². The summed E-state index contributed by atoms with van der Waals surface area (Å²) in [6.45, 7) is 1.66. The summed E-state index contributed by atoms with van der Waals surface area (Å²) in [6.07, 6.45) is 15.7. The molecular formula is C25H37NO3. The van der Waals surface area contributed by atoms with Crippen molar-refractivity contribution in [3.05, 3.63) is 0 Å². The molecular weight excluding hydrogens is 362 g/mol. The van der Waals surface area contributed by atoms with Crippen molar-refractivity contribution in [1.82, 2.24) is 5.32 Å². The normalized spacial score (nSPS) is 54.8. The minimum Gasteiger partial charge on any atom is -0.481 e. The van der Waals surface area contributed by atoms with E-state index in [9.17, 15) is 14.7 Å². The highest BCUT2D eigenvalue weighted by Crippen LogP contribution is 2.77. The van der Waals surface area contributed by atoms with Gasteiger partial charge in [-0.3, -0.25) is 9.59 Å². The van der Waals surface area contributed by atoms with E-state index >= 15 is 0 Å². The molecule has 0 aromatic carbocycles. The minimum absolute atomic E-state index is 0.123. The smallest absolute Gasteiger partial charge is 0.309 e. The van der Waals surface area contributed by atoms with Crippen LogP contribution in [0, 0.1) is 45.8 Å². The third-order valence-corrected chi connectivity index (χ3v) is 11.1. The van der Waals surface area contributed by atoms with Crippen molar-refractivity contribution < 1.29 is 14.7 Å². The fraction of sp³-hybridized carbons (Fsp3) is 0.920. The standard InChI is InChI=1S/C25H37NO3/c1-15(27)26-21-7-17-5-18-11-23(10-17,12-19(18)8-21)24-9-16-3-2-4-25(14-24,22(28)29)20(6-16)13-24/h16-21H,2-14H2,1H3,(H,26,27)(H,28,29). The van der Waals surface area contributed by atoms with E-state index in [4.69, 9.17) is 0 Å². The Kier molecular flexibility index (Phi) is 3.87. The second kappa shape index (κ2) is 6.01. The third-order valence-electron chi connectivity index (χ3n) is 11.1. The van der Waals surface area contributed by atoms with Gasteiger partial charge in [-0.15, -0.1) is 0 Å². The van der Waals surface area contributed by atoms with Crippen LogP contribution in [0.1, 0.15) is 90.4 Å².